The van der Waals surface area contributed by atoms with E-state index in [1.807, 2.05) is 24.3 Å². The quantitative estimate of drug-likeness (QED) is 0.877. The Balaban J connectivity index is 1.50. The van der Waals surface area contributed by atoms with Gasteiger partial charge in [-0.05, 0) is 54.8 Å². The molecule has 0 bridgehead atoms. The summed E-state index contributed by atoms with van der Waals surface area (Å²) < 4.78 is 18.3. The van der Waals surface area contributed by atoms with E-state index in [2.05, 4.69) is 10.2 Å². The van der Waals surface area contributed by atoms with E-state index in [9.17, 15) is 9.18 Å². The molecule has 2 aromatic rings. The molecule has 1 aliphatic rings. The van der Waals surface area contributed by atoms with Gasteiger partial charge in [-0.15, -0.1) is 0 Å². The lowest BCUT2D eigenvalue weighted by Gasteiger charge is -2.18. The zero-order valence-electron chi connectivity index (χ0n) is 14.4. The highest BCUT2D eigenvalue weighted by Crippen LogP contribution is 2.22. The Hall–Kier alpha value is -2.40. The molecule has 5 heteroatoms. The number of anilines is 1. The number of methoxy groups -OCH3 is 1. The highest BCUT2D eigenvalue weighted by atomic mass is 19.1. The van der Waals surface area contributed by atoms with Crippen LogP contribution in [0.5, 0.6) is 0 Å². The molecule has 0 spiro atoms. The van der Waals surface area contributed by atoms with Crippen LogP contribution >= 0.6 is 0 Å². The molecular formula is C20H23FN2O2. The molecule has 1 heterocycles. The number of carbonyl (C=O) groups is 1. The summed E-state index contributed by atoms with van der Waals surface area (Å²) in [5, 5.41) is 2.90. The van der Waals surface area contributed by atoms with E-state index >= 15 is 0 Å². The lowest BCUT2D eigenvalue weighted by atomic mass is 10.1. The first-order chi connectivity index (χ1) is 12.2. The Morgan fingerprint density at radius 2 is 1.92 bits per heavy atom. The lowest BCUT2D eigenvalue weighted by Crippen LogP contribution is -2.26. The summed E-state index contributed by atoms with van der Waals surface area (Å²) in [4.78, 5) is 14.5. The second-order valence-corrected chi connectivity index (χ2v) is 6.27. The van der Waals surface area contributed by atoms with Gasteiger partial charge in [0.1, 0.15) is 5.82 Å². The lowest BCUT2D eigenvalue weighted by molar-refractivity contribution is 0.0954. The molecule has 132 valence electrons. The first-order valence-corrected chi connectivity index (χ1v) is 8.56. The van der Waals surface area contributed by atoms with E-state index in [1.54, 1.807) is 19.2 Å². The van der Waals surface area contributed by atoms with Gasteiger partial charge in [-0.25, -0.2) is 4.39 Å². The van der Waals surface area contributed by atoms with Crippen molar-refractivity contribution in [3.63, 3.8) is 0 Å². The van der Waals surface area contributed by atoms with E-state index in [0.29, 0.717) is 18.5 Å². The molecule has 1 fully saturated rings. The molecule has 0 aromatic heterocycles. The van der Waals surface area contributed by atoms with Crippen molar-refractivity contribution in [3.8, 4) is 0 Å². The molecular weight excluding hydrogens is 319 g/mol. The second kappa shape index (κ2) is 8.12. The number of rotatable bonds is 6. The minimum atomic E-state index is -0.248. The minimum Gasteiger partial charge on any atom is -0.380 e. The van der Waals surface area contributed by atoms with E-state index in [0.717, 1.165) is 30.8 Å². The number of amides is 1. The van der Waals surface area contributed by atoms with E-state index in [4.69, 9.17) is 4.74 Å². The molecule has 3 rings (SSSR count). The Bertz CT molecular complexity index is 701. The largest absolute Gasteiger partial charge is 0.380 e. The third-order valence-corrected chi connectivity index (χ3v) is 4.59. The van der Waals surface area contributed by atoms with Crippen LogP contribution in [-0.2, 0) is 11.2 Å². The van der Waals surface area contributed by atoms with Gasteiger partial charge < -0.3 is 15.0 Å². The van der Waals surface area contributed by atoms with Gasteiger partial charge in [-0.3, -0.25) is 4.79 Å². The monoisotopic (exact) mass is 342 g/mol. The van der Waals surface area contributed by atoms with E-state index < -0.39 is 0 Å². The van der Waals surface area contributed by atoms with Crippen molar-refractivity contribution < 1.29 is 13.9 Å². The number of ether oxygens (including phenoxy) is 1. The van der Waals surface area contributed by atoms with Crippen LogP contribution in [0.25, 0.3) is 0 Å². The summed E-state index contributed by atoms with van der Waals surface area (Å²) >= 11 is 0. The molecule has 1 aliphatic heterocycles. The van der Waals surface area contributed by atoms with E-state index in [-0.39, 0.29) is 17.8 Å². The van der Waals surface area contributed by atoms with Gasteiger partial charge in [-0.1, -0.05) is 12.1 Å². The van der Waals surface area contributed by atoms with Gasteiger partial charge in [0.25, 0.3) is 5.91 Å². The third-order valence-electron chi connectivity index (χ3n) is 4.59. The average molecular weight is 342 g/mol. The zero-order chi connectivity index (χ0) is 17.6. The van der Waals surface area contributed by atoms with Crippen molar-refractivity contribution in [1.82, 2.24) is 5.32 Å². The second-order valence-electron chi connectivity index (χ2n) is 6.27. The number of benzene rings is 2. The molecule has 2 aromatic carbocycles. The molecule has 1 amide bonds. The molecule has 0 radical (unpaired) electrons. The maximum Gasteiger partial charge on any atom is 0.251 e. The molecule has 0 aliphatic carbocycles. The topological polar surface area (TPSA) is 41.6 Å². The van der Waals surface area contributed by atoms with Crippen LogP contribution in [0.1, 0.15) is 22.3 Å². The van der Waals surface area contributed by atoms with Gasteiger partial charge in [0.2, 0.25) is 0 Å². The van der Waals surface area contributed by atoms with Crippen molar-refractivity contribution in [1.29, 1.82) is 0 Å². The summed E-state index contributed by atoms with van der Waals surface area (Å²) in [5.74, 6) is -0.340. The molecule has 25 heavy (non-hydrogen) atoms. The summed E-state index contributed by atoms with van der Waals surface area (Å²) in [6, 6.07) is 14.0. The van der Waals surface area contributed by atoms with Gasteiger partial charge in [-0.2, -0.15) is 0 Å². The average Bonchev–Trinajstić information content (AvgIpc) is 3.13. The number of halogens is 1. The molecule has 1 atom stereocenters. The van der Waals surface area contributed by atoms with Crippen molar-refractivity contribution in [2.75, 3.05) is 31.6 Å². The Morgan fingerprint density at radius 3 is 2.56 bits per heavy atom. The van der Waals surface area contributed by atoms with Crippen LogP contribution in [0.3, 0.4) is 0 Å². The molecule has 1 N–H and O–H groups in total. The fourth-order valence-corrected chi connectivity index (χ4v) is 3.05. The predicted octanol–water partition coefficient (Wildman–Crippen LogP) is 3.02. The SMILES string of the molecule is COC1CCN(c2ccc(C(=O)NCCc3ccc(F)cc3)cc2)C1. The van der Waals surface area contributed by atoms with Gasteiger partial charge >= 0.3 is 0 Å². The number of carbonyl (C=O) groups excluding carboxylic acids is 1. The number of nitrogens with one attached hydrogen (secondary N) is 1. The van der Waals surface area contributed by atoms with Crippen molar-refractivity contribution >= 4 is 11.6 Å². The first kappa shape index (κ1) is 17.4. The summed E-state index contributed by atoms with van der Waals surface area (Å²) in [6.45, 7) is 2.38. The van der Waals surface area contributed by atoms with Gasteiger partial charge in [0, 0.05) is 38.0 Å². The smallest absolute Gasteiger partial charge is 0.251 e. The van der Waals surface area contributed by atoms with E-state index in [1.165, 1.54) is 12.1 Å². The summed E-state index contributed by atoms with van der Waals surface area (Å²) in [5.41, 5.74) is 2.76. The van der Waals surface area contributed by atoms with Crippen LogP contribution < -0.4 is 10.2 Å². The third kappa shape index (κ3) is 4.57. The Labute approximate surface area is 147 Å². The first-order valence-electron chi connectivity index (χ1n) is 8.56. The fourth-order valence-electron chi connectivity index (χ4n) is 3.05. The van der Waals surface area contributed by atoms with Crippen LogP contribution in [-0.4, -0.2) is 38.8 Å². The fraction of sp³-hybridized carbons (Fsp3) is 0.350. The van der Waals surface area contributed by atoms with Crippen LogP contribution in [0, 0.1) is 5.82 Å². The highest BCUT2D eigenvalue weighted by Gasteiger charge is 2.22. The summed E-state index contributed by atoms with van der Waals surface area (Å²) in [7, 11) is 1.74. The van der Waals surface area contributed by atoms with Crippen LogP contribution in [0.15, 0.2) is 48.5 Å². The van der Waals surface area contributed by atoms with Crippen molar-refractivity contribution in [3.05, 3.63) is 65.5 Å². The number of nitrogens with zero attached hydrogens (tertiary/aromatic N) is 1. The van der Waals surface area contributed by atoms with Gasteiger partial charge in [0.05, 0.1) is 6.10 Å². The molecule has 0 saturated carbocycles. The van der Waals surface area contributed by atoms with Gasteiger partial charge in [0.15, 0.2) is 0 Å². The summed E-state index contributed by atoms with van der Waals surface area (Å²) in [6.07, 6.45) is 1.99. The number of hydrogen-bond acceptors (Lipinski definition) is 3. The zero-order valence-corrected chi connectivity index (χ0v) is 14.4. The maximum absolute atomic E-state index is 12.9. The molecule has 4 nitrogen and oxygen atoms in total. The highest BCUT2D eigenvalue weighted by molar-refractivity contribution is 5.94. The van der Waals surface area contributed by atoms with Crippen LogP contribution in [0.4, 0.5) is 10.1 Å². The maximum atomic E-state index is 12.9. The molecule has 1 unspecified atom stereocenters. The number of hydrogen-bond donors (Lipinski definition) is 1. The minimum absolute atomic E-state index is 0.0927. The Kier molecular flexibility index (Phi) is 5.66. The van der Waals surface area contributed by atoms with Crippen LogP contribution in [0.2, 0.25) is 0 Å². The molecule has 1 saturated heterocycles. The standard InChI is InChI=1S/C20H23FN2O2/c1-25-19-11-13-23(14-19)18-8-4-16(5-9-18)20(24)22-12-10-15-2-6-17(21)7-3-15/h2-9,19H,10-14H2,1H3,(H,22,24). The Morgan fingerprint density at radius 1 is 1.20 bits per heavy atom. The predicted molar refractivity (Wildman–Crippen MR) is 96.5 cm³/mol. The normalized spacial score (nSPS) is 16.9. The van der Waals surface area contributed by atoms with Crippen molar-refractivity contribution in [2.24, 2.45) is 0 Å². The van der Waals surface area contributed by atoms with Crippen molar-refractivity contribution in [2.45, 2.75) is 18.9 Å².